The zero-order valence-electron chi connectivity index (χ0n) is 13.1. The van der Waals surface area contributed by atoms with Crippen molar-refractivity contribution in [3.05, 3.63) is 24.3 Å². The van der Waals surface area contributed by atoms with Gasteiger partial charge in [0.25, 0.3) is 0 Å². The van der Waals surface area contributed by atoms with Crippen LogP contribution in [-0.4, -0.2) is 49.6 Å². The van der Waals surface area contributed by atoms with Gasteiger partial charge in [-0.25, -0.2) is 0 Å². The Morgan fingerprint density at radius 1 is 1.43 bits per heavy atom. The van der Waals surface area contributed by atoms with E-state index in [0.717, 1.165) is 31.9 Å². The first-order valence-corrected chi connectivity index (χ1v) is 7.41. The van der Waals surface area contributed by atoms with Crippen molar-refractivity contribution in [2.24, 2.45) is 0 Å². The molecule has 1 aromatic carbocycles. The van der Waals surface area contributed by atoms with Crippen molar-refractivity contribution >= 4 is 11.6 Å². The van der Waals surface area contributed by atoms with Crippen LogP contribution in [0, 0.1) is 0 Å². The van der Waals surface area contributed by atoms with Crippen molar-refractivity contribution in [2.75, 3.05) is 38.6 Å². The second kappa shape index (κ2) is 6.91. The lowest BCUT2D eigenvalue weighted by Crippen LogP contribution is -2.58. The summed E-state index contributed by atoms with van der Waals surface area (Å²) >= 11 is 0. The highest BCUT2D eigenvalue weighted by atomic mass is 16.5. The largest absolute Gasteiger partial charge is 0.495 e. The molecule has 1 amide bonds. The van der Waals surface area contributed by atoms with Gasteiger partial charge >= 0.3 is 0 Å². The van der Waals surface area contributed by atoms with Gasteiger partial charge in [-0.1, -0.05) is 12.1 Å². The van der Waals surface area contributed by atoms with Crippen LogP contribution < -0.4 is 15.4 Å². The summed E-state index contributed by atoms with van der Waals surface area (Å²) in [4.78, 5) is 14.5. The van der Waals surface area contributed by atoms with Crippen molar-refractivity contribution in [3.8, 4) is 5.75 Å². The first-order chi connectivity index (χ1) is 10.0. The van der Waals surface area contributed by atoms with Crippen molar-refractivity contribution < 1.29 is 9.53 Å². The smallest absolute Gasteiger partial charge is 0.225 e. The summed E-state index contributed by atoms with van der Waals surface area (Å²) in [6, 6.07) is 7.47. The van der Waals surface area contributed by atoms with Gasteiger partial charge in [-0.05, 0) is 26.0 Å². The van der Waals surface area contributed by atoms with Crippen molar-refractivity contribution in [3.63, 3.8) is 0 Å². The molecule has 5 heteroatoms. The quantitative estimate of drug-likeness (QED) is 0.867. The highest BCUT2D eigenvalue weighted by Gasteiger charge is 2.29. The Morgan fingerprint density at radius 3 is 2.90 bits per heavy atom. The lowest BCUT2D eigenvalue weighted by atomic mass is 10.00. The van der Waals surface area contributed by atoms with Crippen LogP contribution >= 0.6 is 0 Å². The molecule has 0 unspecified atom stereocenters. The minimum absolute atomic E-state index is 0.0221. The summed E-state index contributed by atoms with van der Waals surface area (Å²) in [5.74, 6) is 0.710. The number of amides is 1. The summed E-state index contributed by atoms with van der Waals surface area (Å²) < 4.78 is 5.24. The predicted molar refractivity (Wildman–Crippen MR) is 84.8 cm³/mol. The first kappa shape index (κ1) is 15.8. The molecular formula is C16H25N3O2. The summed E-state index contributed by atoms with van der Waals surface area (Å²) in [7, 11) is 1.61. The number of carbonyl (C=O) groups excluding carboxylic acids is 1. The highest BCUT2D eigenvalue weighted by molar-refractivity contribution is 5.92. The van der Waals surface area contributed by atoms with Gasteiger partial charge in [-0.3, -0.25) is 9.69 Å². The van der Waals surface area contributed by atoms with Gasteiger partial charge in [0.15, 0.2) is 0 Å². The van der Waals surface area contributed by atoms with Crippen LogP contribution in [-0.2, 0) is 4.79 Å². The Labute approximate surface area is 126 Å². The molecule has 1 fully saturated rings. The van der Waals surface area contributed by atoms with E-state index in [4.69, 9.17) is 4.74 Å². The Morgan fingerprint density at radius 2 is 2.19 bits per heavy atom. The molecule has 2 rings (SSSR count). The molecule has 0 aromatic heterocycles. The van der Waals surface area contributed by atoms with E-state index < -0.39 is 0 Å². The molecule has 0 saturated carbocycles. The second-order valence-electron chi connectivity index (χ2n) is 5.97. The van der Waals surface area contributed by atoms with Gasteiger partial charge < -0.3 is 15.4 Å². The number of piperazine rings is 1. The third kappa shape index (κ3) is 4.19. The fourth-order valence-corrected chi connectivity index (χ4v) is 2.63. The molecule has 0 bridgehead atoms. The predicted octanol–water partition coefficient (Wildman–Crippen LogP) is 1.71. The average molecular weight is 291 g/mol. The zero-order valence-corrected chi connectivity index (χ0v) is 13.1. The number of hydrogen-bond donors (Lipinski definition) is 2. The number of para-hydroxylation sites is 2. The highest BCUT2D eigenvalue weighted by Crippen LogP contribution is 2.23. The summed E-state index contributed by atoms with van der Waals surface area (Å²) in [5, 5.41) is 6.31. The molecule has 1 aromatic rings. The third-order valence-electron chi connectivity index (χ3n) is 3.96. The SMILES string of the molecule is COc1ccccc1NC(=O)CCN1CCNCC1(C)C. The lowest BCUT2D eigenvalue weighted by Gasteiger charge is -2.42. The molecule has 1 saturated heterocycles. The van der Waals surface area contributed by atoms with Crippen molar-refractivity contribution in [1.82, 2.24) is 10.2 Å². The molecule has 21 heavy (non-hydrogen) atoms. The van der Waals surface area contributed by atoms with Gasteiger partial charge in [0.05, 0.1) is 12.8 Å². The molecule has 1 heterocycles. The van der Waals surface area contributed by atoms with E-state index in [1.807, 2.05) is 24.3 Å². The molecule has 0 atom stereocenters. The molecule has 1 aliphatic heterocycles. The number of carbonyl (C=O) groups is 1. The molecule has 5 nitrogen and oxygen atoms in total. The van der Waals surface area contributed by atoms with Crippen LogP contribution in [0.15, 0.2) is 24.3 Å². The van der Waals surface area contributed by atoms with Gasteiger partial charge in [-0.2, -0.15) is 0 Å². The fraction of sp³-hybridized carbons (Fsp3) is 0.562. The second-order valence-corrected chi connectivity index (χ2v) is 5.97. The van der Waals surface area contributed by atoms with Crippen LogP contribution in [0.25, 0.3) is 0 Å². The van der Waals surface area contributed by atoms with Crippen molar-refractivity contribution in [2.45, 2.75) is 25.8 Å². The Bertz CT molecular complexity index is 488. The lowest BCUT2D eigenvalue weighted by molar-refractivity contribution is -0.116. The number of nitrogens with one attached hydrogen (secondary N) is 2. The maximum atomic E-state index is 12.1. The number of ether oxygens (including phenoxy) is 1. The summed E-state index contributed by atoms with van der Waals surface area (Å²) in [6.45, 7) is 8.11. The Kier molecular flexibility index (Phi) is 5.20. The van der Waals surface area contributed by atoms with E-state index in [1.165, 1.54) is 0 Å². The van der Waals surface area contributed by atoms with Crippen molar-refractivity contribution in [1.29, 1.82) is 0 Å². The van der Waals surface area contributed by atoms with E-state index >= 15 is 0 Å². The summed E-state index contributed by atoms with van der Waals surface area (Å²) in [6.07, 6.45) is 0.488. The van der Waals surface area contributed by atoms with E-state index in [1.54, 1.807) is 7.11 Å². The molecular weight excluding hydrogens is 266 g/mol. The van der Waals surface area contributed by atoms with Gasteiger partial charge in [-0.15, -0.1) is 0 Å². The van der Waals surface area contributed by atoms with E-state index in [9.17, 15) is 4.79 Å². The molecule has 0 radical (unpaired) electrons. The van der Waals surface area contributed by atoms with Gasteiger partial charge in [0, 0.05) is 38.1 Å². The zero-order chi connectivity index (χ0) is 15.3. The number of anilines is 1. The van der Waals surface area contributed by atoms with Crippen LogP contribution in [0.3, 0.4) is 0 Å². The number of nitrogens with zero attached hydrogens (tertiary/aromatic N) is 1. The van der Waals surface area contributed by atoms with Crippen LogP contribution in [0.2, 0.25) is 0 Å². The van der Waals surface area contributed by atoms with Gasteiger partial charge in [0.2, 0.25) is 5.91 Å². The fourth-order valence-electron chi connectivity index (χ4n) is 2.63. The number of hydrogen-bond acceptors (Lipinski definition) is 4. The average Bonchev–Trinajstić information content (AvgIpc) is 2.46. The number of rotatable bonds is 5. The Balaban J connectivity index is 1.87. The molecule has 0 spiro atoms. The third-order valence-corrected chi connectivity index (χ3v) is 3.96. The number of methoxy groups -OCH3 is 1. The number of benzene rings is 1. The monoisotopic (exact) mass is 291 g/mol. The maximum Gasteiger partial charge on any atom is 0.225 e. The topological polar surface area (TPSA) is 53.6 Å². The minimum atomic E-state index is 0.0221. The standard InChI is InChI=1S/C16H25N3O2/c1-16(2)12-17-9-11-19(16)10-8-15(20)18-13-6-4-5-7-14(13)21-3/h4-7,17H,8-12H2,1-3H3,(H,18,20). The van der Waals surface area contributed by atoms with E-state index in [0.29, 0.717) is 12.2 Å². The summed E-state index contributed by atoms with van der Waals surface area (Å²) in [5.41, 5.74) is 0.827. The molecule has 2 N–H and O–H groups in total. The minimum Gasteiger partial charge on any atom is -0.495 e. The van der Waals surface area contributed by atoms with Crippen LogP contribution in [0.5, 0.6) is 5.75 Å². The van der Waals surface area contributed by atoms with E-state index in [2.05, 4.69) is 29.4 Å². The molecule has 0 aliphatic carbocycles. The maximum absolute atomic E-state index is 12.1. The molecule has 116 valence electrons. The molecule has 1 aliphatic rings. The Hall–Kier alpha value is -1.59. The normalized spacial score (nSPS) is 18.2. The van der Waals surface area contributed by atoms with Crippen LogP contribution in [0.1, 0.15) is 20.3 Å². The van der Waals surface area contributed by atoms with Gasteiger partial charge in [0.1, 0.15) is 5.75 Å². The van der Waals surface area contributed by atoms with Crippen LogP contribution in [0.4, 0.5) is 5.69 Å². The van der Waals surface area contributed by atoms with E-state index in [-0.39, 0.29) is 11.4 Å². The first-order valence-electron chi connectivity index (χ1n) is 7.41.